The number of aromatic nitrogens is 2. The van der Waals surface area contributed by atoms with Gasteiger partial charge in [0.05, 0.1) is 18.9 Å². The number of alkyl halides is 3. The van der Waals surface area contributed by atoms with Crippen LogP contribution in [0, 0.1) is 0 Å². The molecular weight excluding hydrogens is 419 g/mol. The van der Waals surface area contributed by atoms with Gasteiger partial charge in [-0.2, -0.15) is 0 Å². The molecule has 10 heteroatoms. The van der Waals surface area contributed by atoms with Crippen molar-refractivity contribution in [3.05, 3.63) is 36.3 Å². The molecule has 166 valence electrons. The Balaban J connectivity index is 1.79. The van der Waals surface area contributed by atoms with E-state index in [0.717, 1.165) is 6.42 Å². The molecule has 0 aliphatic carbocycles. The zero-order chi connectivity index (χ0) is 22.2. The number of hydrogen-bond donors (Lipinski definition) is 2. The van der Waals surface area contributed by atoms with Gasteiger partial charge in [0.2, 0.25) is 0 Å². The van der Waals surface area contributed by atoms with E-state index in [4.69, 9.17) is 4.74 Å². The summed E-state index contributed by atoms with van der Waals surface area (Å²) in [5, 5.41) is 0. The molecule has 0 bridgehead atoms. The molecular formula is C20H26F3N3O3S. The summed E-state index contributed by atoms with van der Waals surface area (Å²) < 4.78 is 61.9. The highest BCUT2D eigenvalue weighted by atomic mass is 32.2. The minimum Gasteiger partial charge on any atom is -0.598 e. The molecule has 2 unspecified atom stereocenters. The second-order valence-corrected chi connectivity index (χ2v) is 10.3. The van der Waals surface area contributed by atoms with Crippen molar-refractivity contribution in [1.29, 1.82) is 0 Å². The third-order valence-corrected chi connectivity index (χ3v) is 6.66. The molecule has 30 heavy (non-hydrogen) atoms. The molecule has 0 radical (unpaired) electrons. The van der Waals surface area contributed by atoms with Gasteiger partial charge in [-0.25, -0.2) is 4.98 Å². The zero-order valence-corrected chi connectivity index (χ0v) is 18.1. The highest BCUT2D eigenvalue weighted by Gasteiger charge is 2.51. The lowest BCUT2D eigenvalue weighted by Crippen LogP contribution is -2.67. The number of hydrogen-bond acceptors (Lipinski definition) is 5. The molecule has 2 aromatic rings. The first-order chi connectivity index (χ1) is 13.9. The van der Waals surface area contributed by atoms with E-state index >= 15 is 0 Å². The molecule has 6 nitrogen and oxygen atoms in total. The Morgan fingerprint density at radius 3 is 2.37 bits per heavy atom. The average molecular weight is 446 g/mol. The van der Waals surface area contributed by atoms with Gasteiger partial charge in [0.25, 0.3) is 0 Å². The number of ether oxygens (including phenoxy) is 2. The quantitative estimate of drug-likeness (QED) is 0.622. The minimum absolute atomic E-state index is 0.0702. The second-order valence-electron chi connectivity index (χ2n) is 8.34. The van der Waals surface area contributed by atoms with Crippen molar-refractivity contribution in [3.63, 3.8) is 0 Å². The summed E-state index contributed by atoms with van der Waals surface area (Å²) in [4.78, 5) is 7.84. The van der Waals surface area contributed by atoms with E-state index in [9.17, 15) is 17.7 Å². The Bertz CT molecular complexity index is 845. The number of rotatable bonds is 7. The monoisotopic (exact) mass is 445 g/mol. The smallest absolute Gasteiger partial charge is 0.573 e. The third kappa shape index (κ3) is 5.11. The number of halogens is 3. The molecule has 1 aliphatic rings. The highest BCUT2D eigenvalue weighted by molar-refractivity contribution is 7.90. The van der Waals surface area contributed by atoms with E-state index < -0.39 is 28.0 Å². The summed E-state index contributed by atoms with van der Waals surface area (Å²) >= 11 is -1.27. The van der Waals surface area contributed by atoms with E-state index in [0.29, 0.717) is 30.3 Å². The topological polar surface area (TPSA) is 82.2 Å². The van der Waals surface area contributed by atoms with Crippen LogP contribution in [0.4, 0.5) is 13.2 Å². The number of nitrogens with zero attached hydrogens (tertiary/aromatic N) is 1. The van der Waals surface area contributed by atoms with Gasteiger partial charge in [-0.3, -0.25) is 0 Å². The standard InChI is InChI=1S/C20H26F3N3O3S/c1-5-15(19(11-28-12-19)26-30(27)18(2,3)4)17-24-10-16(25-17)13-6-8-14(9-7-13)29-20(21,22)23/h6-10,15,26H,5,11-12H2,1-4H3,(H,24,25). The van der Waals surface area contributed by atoms with Crippen molar-refractivity contribution < 1.29 is 27.2 Å². The minimum atomic E-state index is -4.73. The first-order valence-corrected chi connectivity index (χ1v) is 10.8. The van der Waals surface area contributed by atoms with Crippen molar-refractivity contribution in [2.75, 3.05) is 13.2 Å². The fourth-order valence-electron chi connectivity index (χ4n) is 3.33. The van der Waals surface area contributed by atoms with Crippen LogP contribution in [0.2, 0.25) is 0 Å². The fourth-order valence-corrected chi connectivity index (χ4v) is 4.26. The molecule has 0 saturated carbocycles. The predicted molar refractivity (Wildman–Crippen MR) is 108 cm³/mol. The van der Waals surface area contributed by atoms with E-state index in [1.54, 1.807) is 6.20 Å². The molecule has 0 spiro atoms. The first kappa shape index (κ1) is 22.9. The van der Waals surface area contributed by atoms with Crippen LogP contribution < -0.4 is 9.46 Å². The fraction of sp³-hybridized carbons (Fsp3) is 0.550. The van der Waals surface area contributed by atoms with Gasteiger partial charge in [0, 0.05) is 29.0 Å². The van der Waals surface area contributed by atoms with Gasteiger partial charge in [-0.15, -0.1) is 17.9 Å². The van der Waals surface area contributed by atoms with Gasteiger partial charge in [-0.1, -0.05) is 6.92 Å². The zero-order valence-electron chi connectivity index (χ0n) is 17.3. The Hall–Kier alpha value is -1.75. The third-order valence-electron chi connectivity index (χ3n) is 4.96. The summed E-state index contributed by atoms with van der Waals surface area (Å²) in [6, 6.07) is 5.56. The Kier molecular flexibility index (Phi) is 6.43. The second kappa shape index (κ2) is 8.41. The van der Waals surface area contributed by atoms with Crippen LogP contribution in [-0.4, -0.2) is 44.4 Å². The lowest BCUT2D eigenvalue weighted by atomic mass is 9.80. The number of benzene rings is 1. The van der Waals surface area contributed by atoms with Crippen LogP contribution in [0.25, 0.3) is 11.3 Å². The average Bonchev–Trinajstić information content (AvgIpc) is 3.08. The Morgan fingerprint density at radius 2 is 1.90 bits per heavy atom. The molecule has 1 aliphatic heterocycles. The van der Waals surface area contributed by atoms with Crippen LogP contribution in [0.3, 0.4) is 0 Å². The Labute approximate surface area is 176 Å². The lowest BCUT2D eigenvalue weighted by molar-refractivity contribution is -0.274. The molecule has 3 rings (SSSR count). The molecule has 1 saturated heterocycles. The molecule has 0 amide bonds. The largest absolute Gasteiger partial charge is 0.598 e. The van der Waals surface area contributed by atoms with E-state index in [1.807, 2.05) is 27.7 Å². The summed E-state index contributed by atoms with van der Waals surface area (Å²) in [5.41, 5.74) is 0.772. The molecule has 1 aromatic heterocycles. The van der Waals surface area contributed by atoms with Crippen LogP contribution in [0.1, 0.15) is 45.9 Å². The normalized spacial score (nSPS) is 18.5. The van der Waals surface area contributed by atoms with Crippen LogP contribution >= 0.6 is 0 Å². The summed E-state index contributed by atoms with van der Waals surface area (Å²) in [5.74, 6) is 0.358. The molecule has 1 fully saturated rings. The SMILES string of the molecule is CCC(c1nc(-c2ccc(OC(F)(F)F)cc2)c[nH]1)C1(N[S+]([O-])C(C)(C)C)COC1. The van der Waals surface area contributed by atoms with Gasteiger partial charge in [-0.05, 0) is 51.5 Å². The van der Waals surface area contributed by atoms with Crippen LogP contribution in [-0.2, 0) is 16.1 Å². The van der Waals surface area contributed by atoms with Crippen LogP contribution in [0.15, 0.2) is 30.5 Å². The van der Waals surface area contributed by atoms with Crippen LogP contribution in [0.5, 0.6) is 5.75 Å². The maximum atomic E-state index is 12.7. The highest BCUT2D eigenvalue weighted by Crippen LogP contribution is 2.38. The maximum Gasteiger partial charge on any atom is 0.573 e. The number of aromatic amines is 1. The van der Waals surface area contributed by atoms with Crippen molar-refractivity contribution in [2.24, 2.45) is 0 Å². The summed E-state index contributed by atoms with van der Waals surface area (Å²) in [6.45, 7) is 8.59. The maximum absolute atomic E-state index is 12.7. The predicted octanol–water partition coefficient (Wildman–Crippen LogP) is 4.29. The molecule has 1 aromatic carbocycles. The number of nitrogens with one attached hydrogen (secondary N) is 2. The van der Waals surface area contributed by atoms with E-state index in [1.165, 1.54) is 24.3 Å². The summed E-state index contributed by atoms with van der Waals surface area (Å²) in [7, 11) is 0. The number of H-pyrrole nitrogens is 1. The first-order valence-electron chi connectivity index (χ1n) is 9.62. The van der Waals surface area contributed by atoms with Gasteiger partial charge in [0.1, 0.15) is 21.9 Å². The lowest BCUT2D eigenvalue weighted by Gasteiger charge is -2.47. The molecule has 2 N–H and O–H groups in total. The Morgan fingerprint density at radius 1 is 1.27 bits per heavy atom. The molecule has 2 heterocycles. The van der Waals surface area contributed by atoms with Crippen molar-refractivity contribution in [1.82, 2.24) is 14.7 Å². The van der Waals surface area contributed by atoms with Gasteiger partial charge >= 0.3 is 6.36 Å². The van der Waals surface area contributed by atoms with Gasteiger partial charge in [0.15, 0.2) is 0 Å². The number of imidazole rings is 1. The molecule has 2 atom stereocenters. The van der Waals surface area contributed by atoms with Crippen molar-refractivity contribution in [3.8, 4) is 17.0 Å². The van der Waals surface area contributed by atoms with Crippen molar-refractivity contribution >= 4 is 11.4 Å². The van der Waals surface area contributed by atoms with E-state index in [2.05, 4.69) is 19.4 Å². The van der Waals surface area contributed by atoms with Crippen molar-refractivity contribution in [2.45, 2.75) is 56.7 Å². The van der Waals surface area contributed by atoms with Gasteiger partial charge < -0.3 is 19.0 Å². The summed E-state index contributed by atoms with van der Waals surface area (Å²) in [6.07, 6.45) is -2.27. The van der Waals surface area contributed by atoms with E-state index in [-0.39, 0.29) is 11.7 Å².